The molecule has 1 aromatic carbocycles. The number of carbonyl (C=O) groups is 1. The van der Waals surface area contributed by atoms with E-state index in [2.05, 4.69) is 5.32 Å². The zero-order valence-electron chi connectivity index (χ0n) is 8.66. The maximum Gasteiger partial charge on any atom is 0.223 e. The molecule has 1 atom stereocenters. The van der Waals surface area contributed by atoms with Crippen molar-refractivity contribution in [1.29, 1.82) is 0 Å². The standard InChI is InChI=1S/C12H14ClNO/c1-8(14-12(15)9-6-7-9)10-4-2-3-5-11(10)13/h2-5,8-9H,6-7H2,1H3,(H,14,15). The van der Waals surface area contributed by atoms with Crippen LogP contribution >= 0.6 is 11.6 Å². The van der Waals surface area contributed by atoms with Crippen LogP contribution in [0, 0.1) is 5.92 Å². The molecule has 80 valence electrons. The fourth-order valence-electron chi connectivity index (χ4n) is 1.58. The molecule has 0 saturated heterocycles. The summed E-state index contributed by atoms with van der Waals surface area (Å²) in [6.45, 7) is 1.96. The summed E-state index contributed by atoms with van der Waals surface area (Å²) in [4.78, 5) is 11.5. The number of amides is 1. The topological polar surface area (TPSA) is 29.1 Å². The smallest absolute Gasteiger partial charge is 0.223 e. The van der Waals surface area contributed by atoms with Crippen LogP contribution < -0.4 is 5.32 Å². The van der Waals surface area contributed by atoms with Crippen LogP contribution in [0.15, 0.2) is 24.3 Å². The molecule has 1 saturated carbocycles. The molecule has 2 rings (SSSR count). The molecule has 1 unspecified atom stereocenters. The van der Waals surface area contributed by atoms with Crippen LogP contribution in [0.1, 0.15) is 31.4 Å². The minimum absolute atomic E-state index is 0.00759. The quantitative estimate of drug-likeness (QED) is 0.839. The Kier molecular flexibility index (Phi) is 2.96. The van der Waals surface area contributed by atoms with Crippen molar-refractivity contribution in [2.24, 2.45) is 5.92 Å². The predicted molar refractivity (Wildman–Crippen MR) is 60.7 cm³/mol. The number of hydrogen-bond acceptors (Lipinski definition) is 1. The first kappa shape index (κ1) is 10.5. The van der Waals surface area contributed by atoms with Gasteiger partial charge in [0.05, 0.1) is 6.04 Å². The second-order valence-electron chi connectivity index (χ2n) is 4.03. The third-order valence-corrected chi connectivity index (χ3v) is 3.02. The SMILES string of the molecule is CC(NC(=O)C1CC1)c1ccccc1Cl. The Labute approximate surface area is 94.6 Å². The Morgan fingerprint density at radius 1 is 1.47 bits per heavy atom. The largest absolute Gasteiger partial charge is 0.349 e. The van der Waals surface area contributed by atoms with Crippen LogP contribution in [-0.2, 0) is 4.79 Å². The van der Waals surface area contributed by atoms with Gasteiger partial charge in [0.15, 0.2) is 0 Å². The van der Waals surface area contributed by atoms with Crippen molar-refractivity contribution in [1.82, 2.24) is 5.32 Å². The minimum atomic E-state index is -0.00759. The summed E-state index contributed by atoms with van der Waals surface area (Å²) >= 11 is 6.05. The summed E-state index contributed by atoms with van der Waals surface area (Å²) in [5.74, 6) is 0.400. The Balaban J connectivity index is 2.03. The van der Waals surface area contributed by atoms with E-state index in [1.165, 1.54) is 0 Å². The maximum absolute atomic E-state index is 11.5. The second kappa shape index (κ2) is 4.23. The number of rotatable bonds is 3. The number of benzene rings is 1. The van der Waals surface area contributed by atoms with Crippen LogP contribution in [0.2, 0.25) is 5.02 Å². The molecular formula is C12H14ClNO. The van der Waals surface area contributed by atoms with Crippen LogP contribution in [0.4, 0.5) is 0 Å². The van der Waals surface area contributed by atoms with Gasteiger partial charge in [-0.1, -0.05) is 29.8 Å². The van der Waals surface area contributed by atoms with Crippen LogP contribution in [0.25, 0.3) is 0 Å². The van der Waals surface area contributed by atoms with E-state index in [0.717, 1.165) is 18.4 Å². The number of halogens is 1. The Hall–Kier alpha value is -1.02. The molecule has 1 aliphatic rings. The van der Waals surface area contributed by atoms with E-state index in [0.29, 0.717) is 5.02 Å². The molecule has 0 spiro atoms. The van der Waals surface area contributed by atoms with E-state index in [9.17, 15) is 4.79 Å². The Morgan fingerprint density at radius 3 is 2.73 bits per heavy atom. The zero-order chi connectivity index (χ0) is 10.8. The highest BCUT2D eigenvalue weighted by molar-refractivity contribution is 6.31. The molecule has 2 nitrogen and oxygen atoms in total. The summed E-state index contributed by atoms with van der Waals surface area (Å²) in [5.41, 5.74) is 0.980. The average Bonchev–Trinajstić information content (AvgIpc) is 3.01. The highest BCUT2D eigenvalue weighted by atomic mass is 35.5. The predicted octanol–water partition coefficient (Wildman–Crippen LogP) is 2.93. The lowest BCUT2D eigenvalue weighted by Crippen LogP contribution is -2.27. The molecule has 1 aromatic rings. The van der Waals surface area contributed by atoms with Gasteiger partial charge in [0, 0.05) is 10.9 Å². The van der Waals surface area contributed by atoms with Crippen molar-refractivity contribution in [2.45, 2.75) is 25.8 Å². The number of carbonyl (C=O) groups excluding carboxylic acids is 1. The maximum atomic E-state index is 11.5. The average molecular weight is 224 g/mol. The fraction of sp³-hybridized carbons (Fsp3) is 0.417. The first-order valence-electron chi connectivity index (χ1n) is 5.23. The van der Waals surface area contributed by atoms with Gasteiger partial charge in [0.25, 0.3) is 0 Å². The van der Waals surface area contributed by atoms with Gasteiger partial charge in [0.2, 0.25) is 5.91 Å². The molecule has 0 radical (unpaired) electrons. The van der Waals surface area contributed by atoms with Crippen molar-refractivity contribution < 1.29 is 4.79 Å². The molecular weight excluding hydrogens is 210 g/mol. The van der Waals surface area contributed by atoms with E-state index in [4.69, 9.17) is 11.6 Å². The van der Waals surface area contributed by atoms with Gasteiger partial charge < -0.3 is 5.32 Å². The molecule has 0 bridgehead atoms. The van der Waals surface area contributed by atoms with Crippen LogP contribution in [-0.4, -0.2) is 5.91 Å². The zero-order valence-corrected chi connectivity index (χ0v) is 9.42. The third-order valence-electron chi connectivity index (χ3n) is 2.68. The molecule has 0 heterocycles. The van der Waals surface area contributed by atoms with E-state index in [-0.39, 0.29) is 17.9 Å². The highest BCUT2D eigenvalue weighted by Crippen LogP contribution is 2.30. The van der Waals surface area contributed by atoms with E-state index in [1.807, 2.05) is 31.2 Å². The Morgan fingerprint density at radius 2 is 2.13 bits per heavy atom. The van der Waals surface area contributed by atoms with E-state index < -0.39 is 0 Å². The molecule has 0 aromatic heterocycles. The Bertz CT molecular complexity index is 374. The van der Waals surface area contributed by atoms with Crippen LogP contribution in [0.3, 0.4) is 0 Å². The molecule has 15 heavy (non-hydrogen) atoms. The molecule has 1 N–H and O–H groups in total. The van der Waals surface area contributed by atoms with Gasteiger partial charge in [-0.25, -0.2) is 0 Å². The lowest BCUT2D eigenvalue weighted by molar-refractivity contribution is -0.122. The summed E-state index contributed by atoms with van der Waals surface area (Å²) in [5, 5.41) is 3.68. The number of hydrogen-bond donors (Lipinski definition) is 1. The number of nitrogens with one attached hydrogen (secondary N) is 1. The fourth-order valence-corrected chi connectivity index (χ4v) is 1.88. The van der Waals surface area contributed by atoms with Gasteiger partial charge in [-0.3, -0.25) is 4.79 Å². The molecule has 1 aliphatic carbocycles. The molecule has 3 heteroatoms. The van der Waals surface area contributed by atoms with Crippen molar-refractivity contribution >= 4 is 17.5 Å². The minimum Gasteiger partial charge on any atom is -0.349 e. The van der Waals surface area contributed by atoms with Crippen LogP contribution in [0.5, 0.6) is 0 Å². The van der Waals surface area contributed by atoms with Gasteiger partial charge in [0.1, 0.15) is 0 Å². The normalized spacial score (nSPS) is 17.2. The van der Waals surface area contributed by atoms with Crippen molar-refractivity contribution in [3.8, 4) is 0 Å². The van der Waals surface area contributed by atoms with Gasteiger partial charge >= 0.3 is 0 Å². The first-order valence-corrected chi connectivity index (χ1v) is 5.61. The van der Waals surface area contributed by atoms with Gasteiger partial charge in [-0.15, -0.1) is 0 Å². The van der Waals surface area contributed by atoms with E-state index >= 15 is 0 Å². The molecule has 0 aliphatic heterocycles. The summed E-state index contributed by atoms with van der Waals surface area (Å²) in [6, 6.07) is 7.60. The third kappa shape index (κ3) is 2.51. The van der Waals surface area contributed by atoms with Gasteiger partial charge in [-0.2, -0.15) is 0 Å². The van der Waals surface area contributed by atoms with Crippen molar-refractivity contribution in [3.05, 3.63) is 34.9 Å². The van der Waals surface area contributed by atoms with Gasteiger partial charge in [-0.05, 0) is 31.4 Å². The molecule has 1 fully saturated rings. The lowest BCUT2D eigenvalue weighted by atomic mass is 10.1. The van der Waals surface area contributed by atoms with E-state index in [1.54, 1.807) is 0 Å². The second-order valence-corrected chi connectivity index (χ2v) is 4.43. The summed E-state index contributed by atoms with van der Waals surface area (Å²) < 4.78 is 0. The highest BCUT2D eigenvalue weighted by Gasteiger charge is 2.30. The summed E-state index contributed by atoms with van der Waals surface area (Å²) in [7, 11) is 0. The lowest BCUT2D eigenvalue weighted by Gasteiger charge is -2.15. The van der Waals surface area contributed by atoms with Crippen molar-refractivity contribution in [3.63, 3.8) is 0 Å². The summed E-state index contributed by atoms with van der Waals surface area (Å²) in [6.07, 6.45) is 2.06. The first-order chi connectivity index (χ1) is 7.18. The monoisotopic (exact) mass is 223 g/mol. The van der Waals surface area contributed by atoms with Crippen molar-refractivity contribution in [2.75, 3.05) is 0 Å². The molecule has 1 amide bonds.